The molecule has 0 amide bonds. The molecule has 1 aromatic carbocycles. The Balaban J connectivity index is 2.49. The minimum Gasteiger partial charge on any atom is -0.311 e. The van der Waals surface area contributed by atoms with Gasteiger partial charge in [-0.05, 0) is 50.6 Å². The van der Waals surface area contributed by atoms with Gasteiger partial charge in [-0.2, -0.15) is 5.10 Å². The highest BCUT2D eigenvalue weighted by Crippen LogP contribution is 2.14. The van der Waals surface area contributed by atoms with E-state index in [1.165, 1.54) is 11.1 Å². The molecule has 0 bridgehead atoms. The molecule has 20 heavy (non-hydrogen) atoms. The molecular formula is C16H21N3O. The monoisotopic (exact) mass is 271 g/mol. The number of nitrogens with one attached hydrogen (secondary N) is 1. The first-order valence-corrected chi connectivity index (χ1v) is 6.91. The van der Waals surface area contributed by atoms with Crippen LogP contribution in [0.1, 0.15) is 29.4 Å². The maximum absolute atomic E-state index is 11.9. The van der Waals surface area contributed by atoms with Crippen LogP contribution >= 0.6 is 0 Å². The van der Waals surface area contributed by atoms with Crippen molar-refractivity contribution >= 4 is 0 Å². The van der Waals surface area contributed by atoms with E-state index in [4.69, 9.17) is 0 Å². The Morgan fingerprint density at radius 3 is 2.55 bits per heavy atom. The van der Waals surface area contributed by atoms with Gasteiger partial charge in [-0.1, -0.05) is 13.0 Å². The zero-order valence-electron chi connectivity index (χ0n) is 12.5. The quantitative estimate of drug-likeness (QED) is 0.928. The number of rotatable bonds is 4. The maximum Gasteiger partial charge on any atom is 0.204 e. The van der Waals surface area contributed by atoms with Gasteiger partial charge in [-0.15, -0.1) is 0 Å². The number of nitrogens with zero attached hydrogens (tertiary/aromatic N) is 2. The van der Waals surface area contributed by atoms with Crippen molar-refractivity contribution < 1.29 is 0 Å². The molecule has 0 fully saturated rings. The predicted octanol–water partition coefficient (Wildman–Crippen LogP) is 2.27. The zero-order chi connectivity index (χ0) is 14.7. The van der Waals surface area contributed by atoms with Crippen molar-refractivity contribution in [2.24, 2.45) is 0 Å². The van der Waals surface area contributed by atoms with Crippen LogP contribution in [0, 0.1) is 20.8 Å². The second kappa shape index (κ2) is 6.01. The SMILES string of the molecule is CCNCc1nn(-c2ccc(C)c(C)c2)c(C)cc1=O. The summed E-state index contributed by atoms with van der Waals surface area (Å²) in [5.74, 6) is 0. The lowest BCUT2D eigenvalue weighted by molar-refractivity contribution is 0.665. The van der Waals surface area contributed by atoms with Gasteiger partial charge < -0.3 is 5.32 Å². The Hall–Kier alpha value is -1.94. The second-order valence-electron chi connectivity index (χ2n) is 5.06. The molecule has 4 heteroatoms. The summed E-state index contributed by atoms with van der Waals surface area (Å²) in [5.41, 5.74) is 4.84. The molecule has 0 spiro atoms. The lowest BCUT2D eigenvalue weighted by Gasteiger charge is -2.13. The molecule has 0 unspecified atom stereocenters. The van der Waals surface area contributed by atoms with Crippen molar-refractivity contribution in [3.63, 3.8) is 0 Å². The predicted molar refractivity (Wildman–Crippen MR) is 81.4 cm³/mol. The topological polar surface area (TPSA) is 46.9 Å². The summed E-state index contributed by atoms with van der Waals surface area (Å²) < 4.78 is 1.83. The summed E-state index contributed by atoms with van der Waals surface area (Å²) in [7, 11) is 0. The third-order valence-corrected chi connectivity index (χ3v) is 3.46. The van der Waals surface area contributed by atoms with Gasteiger partial charge in [-0.25, -0.2) is 4.68 Å². The van der Waals surface area contributed by atoms with E-state index >= 15 is 0 Å². The van der Waals surface area contributed by atoms with Gasteiger partial charge in [0, 0.05) is 18.3 Å². The van der Waals surface area contributed by atoms with E-state index in [1.54, 1.807) is 6.07 Å². The van der Waals surface area contributed by atoms with E-state index in [0.29, 0.717) is 12.2 Å². The third kappa shape index (κ3) is 2.96. The summed E-state index contributed by atoms with van der Waals surface area (Å²) in [4.78, 5) is 11.9. The minimum absolute atomic E-state index is 0.0106. The highest BCUT2D eigenvalue weighted by atomic mass is 16.1. The molecule has 106 valence electrons. The van der Waals surface area contributed by atoms with Crippen LogP contribution < -0.4 is 10.7 Å². The zero-order valence-corrected chi connectivity index (χ0v) is 12.5. The Bertz CT molecular complexity index is 674. The van der Waals surface area contributed by atoms with Crippen LogP contribution in [0.25, 0.3) is 5.69 Å². The van der Waals surface area contributed by atoms with E-state index < -0.39 is 0 Å². The Morgan fingerprint density at radius 2 is 1.90 bits per heavy atom. The fourth-order valence-electron chi connectivity index (χ4n) is 2.07. The summed E-state index contributed by atoms with van der Waals surface area (Å²) in [6.45, 7) is 9.40. The lowest BCUT2D eigenvalue weighted by atomic mass is 10.1. The first-order valence-electron chi connectivity index (χ1n) is 6.91. The van der Waals surface area contributed by atoms with E-state index in [1.807, 2.05) is 24.6 Å². The summed E-state index contributed by atoms with van der Waals surface area (Å²) in [6, 6.07) is 7.85. The number of hydrogen-bond donors (Lipinski definition) is 1. The molecule has 0 atom stereocenters. The molecule has 1 heterocycles. The molecule has 0 aliphatic carbocycles. The van der Waals surface area contributed by atoms with Crippen molar-refractivity contribution in [3.8, 4) is 5.69 Å². The molecule has 0 radical (unpaired) electrons. The van der Waals surface area contributed by atoms with Crippen LogP contribution in [0.15, 0.2) is 29.1 Å². The molecule has 0 aliphatic rings. The van der Waals surface area contributed by atoms with E-state index in [2.05, 4.69) is 36.4 Å². The average Bonchev–Trinajstić information content (AvgIpc) is 2.41. The van der Waals surface area contributed by atoms with Crippen LogP contribution in [0.5, 0.6) is 0 Å². The lowest BCUT2D eigenvalue weighted by Crippen LogP contribution is -2.24. The van der Waals surface area contributed by atoms with Crippen LogP contribution in [0.2, 0.25) is 0 Å². The summed E-state index contributed by atoms with van der Waals surface area (Å²) in [6.07, 6.45) is 0. The van der Waals surface area contributed by atoms with Gasteiger partial charge >= 0.3 is 0 Å². The highest BCUT2D eigenvalue weighted by molar-refractivity contribution is 5.40. The second-order valence-corrected chi connectivity index (χ2v) is 5.06. The molecule has 4 nitrogen and oxygen atoms in total. The van der Waals surface area contributed by atoms with Crippen LogP contribution in [-0.4, -0.2) is 16.3 Å². The molecule has 0 saturated carbocycles. The Labute approximate surface area is 119 Å². The van der Waals surface area contributed by atoms with Crippen LogP contribution in [0.4, 0.5) is 0 Å². The molecule has 0 saturated heterocycles. The number of aryl methyl sites for hydroxylation is 3. The van der Waals surface area contributed by atoms with Gasteiger partial charge in [-0.3, -0.25) is 4.79 Å². The maximum atomic E-state index is 11.9. The first kappa shape index (κ1) is 14.5. The molecular weight excluding hydrogens is 250 g/mol. The van der Waals surface area contributed by atoms with Gasteiger partial charge in [0.25, 0.3) is 0 Å². The van der Waals surface area contributed by atoms with Gasteiger partial charge in [0.05, 0.1) is 5.69 Å². The van der Waals surface area contributed by atoms with Crippen LogP contribution in [0.3, 0.4) is 0 Å². The van der Waals surface area contributed by atoms with Gasteiger partial charge in [0.1, 0.15) is 5.69 Å². The largest absolute Gasteiger partial charge is 0.311 e. The van der Waals surface area contributed by atoms with Crippen molar-refractivity contribution in [2.45, 2.75) is 34.2 Å². The van der Waals surface area contributed by atoms with E-state index in [-0.39, 0.29) is 5.43 Å². The smallest absolute Gasteiger partial charge is 0.204 e. The molecule has 2 rings (SSSR count). The summed E-state index contributed by atoms with van der Waals surface area (Å²) in [5, 5.41) is 7.64. The molecule has 2 aromatic rings. The molecule has 1 N–H and O–H groups in total. The van der Waals surface area contributed by atoms with Crippen molar-refractivity contribution in [1.29, 1.82) is 0 Å². The van der Waals surface area contributed by atoms with E-state index in [9.17, 15) is 4.79 Å². The number of aromatic nitrogens is 2. The van der Waals surface area contributed by atoms with Gasteiger partial charge in [0.2, 0.25) is 5.43 Å². The minimum atomic E-state index is -0.0106. The van der Waals surface area contributed by atoms with Crippen molar-refractivity contribution in [2.75, 3.05) is 6.54 Å². The molecule has 0 aliphatic heterocycles. The van der Waals surface area contributed by atoms with Gasteiger partial charge in [0.15, 0.2) is 0 Å². The van der Waals surface area contributed by atoms with Crippen molar-refractivity contribution in [1.82, 2.24) is 15.1 Å². The average molecular weight is 271 g/mol. The number of benzene rings is 1. The fourth-order valence-corrected chi connectivity index (χ4v) is 2.07. The van der Waals surface area contributed by atoms with E-state index in [0.717, 1.165) is 17.9 Å². The third-order valence-electron chi connectivity index (χ3n) is 3.46. The Kier molecular flexibility index (Phi) is 4.35. The van der Waals surface area contributed by atoms with Crippen LogP contribution in [-0.2, 0) is 6.54 Å². The van der Waals surface area contributed by atoms with Crippen molar-refractivity contribution in [3.05, 3.63) is 57.0 Å². The Morgan fingerprint density at radius 1 is 1.15 bits per heavy atom. The summed E-state index contributed by atoms with van der Waals surface area (Å²) >= 11 is 0. The normalized spacial score (nSPS) is 10.8. The highest BCUT2D eigenvalue weighted by Gasteiger charge is 2.07. The number of hydrogen-bond acceptors (Lipinski definition) is 3. The molecule has 1 aromatic heterocycles. The first-order chi connectivity index (χ1) is 9.52. The fraction of sp³-hybridized carbons (Fsp3) is 0.375. The standard InChI is InChI=1S/C16H21N3O/c1-5-17-10-15-16(20)9-13(4)19(18-15)14-7-6-11(2)12(3)8-14/h6-9,17H,5,10H2,1-4H3.